The number of carbonyl (C=O) groups is 1. The Labute approximate surface area is 185 Å². The number of benzene rings is 2. The van der Waals surface area contributed by atoms with Crippen molar-refractivity contribution in [2.24, 2.45) is 0 Å². The van der Waals surface area contributed by atoms with E-state index in [0.29, 0.717) is 24.2 Å². The van der Waals surface area contributed by atoms with Crippen molar-refractivity contribution in [3.63, 3.8) is 0 Å². The monoisotopic (exact) mass is 470 g/mol. The Kier molecular flexibility index (Phi) is 7.14. The lowest BCUT2D eigenvalue weighted by molar-refractivity contribution is -0.274. The molecule has 0 N–H and O–H groups in total. The summed E-state index contributed by atoms with van der Waals surface area (Å²) in [6.45, 7) is 2.76. The minimum absolute atomic E-state index is 0.118. The summed E-state index contributed by atoms with van der Waals surface area (Å²) in [5, 5.41) is 0. The molecule has 0 unspecified atom stereocenters. The van der Waals surface area contributed by atoms with Crippen LogP contribution >= 0.6 is 0 Å². The molecule has 32 heavy (non-hydrogen) atoms. The van der Waals surface area contributed by atoms with Crippen LogP contribution in [0.15, 0.2) is 47.4 Å². The quantitative estimate of drug-likeness (QED) is 0.630. The van der Waals surface area contributed by atoms with Crippen LogP contribution in [-0.4, -0.2) is 50.0 Å². The highest BCUT2D eigenvalue weighted by molar-refractivity contribution is 7.89. The third-order valence-electron chi connectivity index (χ3n) is 5.29. The summed E-state index contributed by atoms with van der Waals surface area (Å²) in [5.41, 5.74) is 1.39. The second-order valence-corrected chi connectivity index (χ2v) is 9.70. The van der Waals surface area contributed by atoms with Gasteiger partial charge in [-0.15, -0.1) is 13.2 Å². The molecule has 1 heterocycles. The zero-order chi connectivity index (χ0) is 23.5. The van der Waals surface area contributed by atoms with Gasteiger partial charge in [-0.1, -0.05) is 24.6 Å². The van der Waals surface area contributed by atoms with Crippen LogP contribution in [0.4, 0.5) is 13.2 Å². The van der Waals surface area contributed by atoms with Gasteiger partial charge in [0.15, 0.2) is 0 Å². The number of carbonyl (C=O) groups excluding carboxylic acids is 1. The van der Waals surface area contributed by atoms with Gasteiger partial charge in [0.2, 0.25) is 10.0 Å². The molecule has 2 aromatic carbocycles. The van der Waals surface area contributed by atoms with E-state index in [2.05, 4.69) is 4.74 Å². The van der Waals surface area contributed by atoms with Gasteiger partial charge in [-0.25, -0.2) is 8.42 Å². The molecule has 1 fully saturated rings. The predicted octanol–water partition coefficient (Wildman–Crippen LogP) is 4.34. The van der Waals surface area contributed by atoms with E-state index in [1.807, 2.05) is 0 Å². The number of ether oxygens (including phenoxy) is 1. The largest absolute Gasteiger partial charge is 0.573 e. The summed E-state index contributed by atoms with van der Waals surface area (Å²) in [6.07, 6.45) is -2.15. The summed E-state index contributed by atoms with van der Waals surface area (Å²) in [5.74, 6) is -0.739. The van der Waals surface area contributed by atoms with Gasteiger partial charge >= 0.3 is 6.36 Å². The van der Waals surface area contributed by atoms with Crippen molar-refractivity contribution in [2.45, 2.75) is 44.0 Å². The maximum absolute atomic E-state index is 13.1. The first-order chi connectivity index (χ1) is 15.0. The van der Waals surface area contributed by atoms with Crippen LogP contribution in [-0.2, 0) is 16.6 Å². The molecule has 2 aromatic rings. The lowest BCUT2D eigenvalue weighted by Gasteiger charge is -2.27. The Bertz CT molecular complexity index is 1060. The van der Waals surface area contributed by atoms with Crippen molar-refractivity contribution >= 4 is 15.9 Å². The van der Waals surface area contributed by atoms with Crippen molar-refractivity contribution in [1.29, 1.82) is 0 Å². The minimum atomic E-state index is -4.77. The number of hydrogen-bond donors (Lipinski definition) is 0. The molecule has 1 aliphatic rings. The highest BCUT2D eigenvalue weighted by Gasteiger charge is 2.31. The Morgan fingerprint density at radius 1 is 1.06 bits per heavy atom. The van der Waals surface area contributed by atoms with E-state index in [1.54, 1.807) is 26.1 Å². The van der Waals surface area contributed by atoms with E-state index < -0.39 is 22.3 Å². The van der Waals surface area contributed by atoms with Crippen LogP contribution in [0.5, 0.6) is 5.75 Å². The number of alkyl halides is 3. The van der Waals surface area contributed by atoms with E-state index >= 15 is 0 Å². The molecule has 10 heteroatoms. The van der Waals surface area contributed by atoms with E-state index in [0.717, 1.165) is 19.3 Å². The molecule has 0 atom stereocenters. The first kappa shape index (κ1) is 24.1. The molecular formula is C22H25F3N2O4S. The third kappa shape index (κ3) is 5.80. The lowest BCUT2D eigenvalue weighted by atomic mass is 10.1. The molecule has 1 aliphatic heterocycles. The van der Waals surface area contributed by atoms with Gasteiger partial charge in [-0.3, -0.25) is 4.79 Å². The van der Waals surface area contributed by atoms with E-state index in [4.69, 9.17) is 0 Å². The average molecular weight is 471 g/mol. The van der Waals surface area contributed by atoms with E-state index in [-0.39, 0.29) is 22.8 Å². The molecule has 1 amide bonds. The molecular weight excluding hydrogens is 445 g/mol. The zero-order valence-corrected chi connectivity index (χ0v) is 18.7. The van der Waals surface area contributed by atoms with Crippen LogP contribution in [0.3, 0.4) is 0 Å². The van der Waals surface area contributed by atoms with Gasteiger partial charge in [0, 0.05) is 32.2 Å². The summed E-state index contributed by atoms with van der Waals surface area (Å²) >= 11 is 0. The highest BCUT2D eigenvalue weighted by Crippen LogP contribution is 2.26. The number of sulfonamides is 1. The maximum atomic E-state index is 13.1. The number of amides is 1. The highest BCUT2D eigenvalue weighted by atomic mass is 32.2. The van der Waals surface area contributed by atoms with Crippen molar-refractivity contribution in [3.8, 4) is 5.75 Å². The summed E-state index contributed by atoms with van der Waals surface area (Å²) in [7, 11) is -2.15. The van der Waals surface area contributed by atoms with Crippen LogP contribution < -0.4 is 4.74 Å². The summed E-state index contributed by atoms with van der Waals surface area (Å²) < 4.78 is 68.3. The Morgan fingerprint density at radius 2 is 1.69 bits per heavy atom. The first-order valence-corrected chi connectivity index (χ1v) is 11.6. The van der Waals surface area contributed by atoms with Crippen LogP contribution in [0.1, 0.15) is 40.7 Å². The minimum Gasteiger partial charge on any atom is -0.406 e. The summed E-state index contributed by atoms with van der Waals surface area (Å²) in [6, 6.07) is 9.81. The van der Waals surface area contributed by atoms with Crippen molar-refractivity contribution in [1.82, 2.24) is 9.21 Å². The van der Waals surface area contributed by atoms with Gasteiger partial charge in [0.25, 0.3) is 5.91 Å². The van der Waals surface area contributed by atoms with Gasteiger partial charge in [0.1, 0.15) is 5.75 Å². The number of halogens is 3. The Balaban J connectivity index is 1.75. The number of rotatable bonds is 6. The number of aryl methyl sites for hydroxylation is 1. The normalized spacial score (nSPS) is 15.4. The molecule has 0 aliphatic carbocycles. The van der Waals surface area contributed by atoms with Gasteiger partial charge < -0.3 is 9.64 Å². The van der Waals surface area contributed by atoms with Crippen LogP contribution in [0.25, 0.3) is 0 Å². The number of piperidine rings is 1. The first-order valence-electron chi connectivity index (χ1n) is 10.2. The van der Waals surface area contributed by atoms with Gasteiger partial charge in [-0.2, -0.15) is 4.31 Å². The van der Waals surface area contributed by atoms with E-state index in [1.165, 1.54) is 39.5 Å². The SMILES string of the molecule is Cc1ccc(C(=O)N(C)Cc2ccc(OC(F)(F)F)cc2)cc1S(=O)(=O)N1CCCCC1. The Morgan fingerprint density at radius 3 is 2.28 bits per heavy atom. The summed E-state index contributed by atoms with van der Waals surface area (Å²) in [4.78, 5) is 14.4. The molecule has 0 radical (unpaired) electrons. The molecule has 0 spiro atoms. The topological polar surface area (TPSA) is 66.9 Å². The van der Waals surface area contributed by atoms with Crippen molar-refractivity contribution in [2.75, 3.05) is 20.1 Å². The number of nitrogens with zero attached hydrogens (tertiary/aromatic N) is 2. The van der Waals surface area contributed by atoms with Crippen LogP contribution in [0, 0.1) is 6.92 Å². The van der Waals surface area contributed by atoms with Gasteiger partial charge in [0.05, 0.1) is 4.90 Å². The second kappa shape index (κ2) is 9.50. The fourth-order valence-corrected chi connectivity index (χ4v) is 5.39. The second-order valence-electron chi connectivity index (χ2n) is 7.80. The smallest absolute Gasteiger partial charge is 0.406 e. The predicted molar refractivity (Wildman–Crippen MR) is 113 cm³/mol. The number of hydrogen-bond acceptors (Lipinski definition) is 4. The standard InChI is InChI=1S/C22H25F3N2O4S/c1-16-6-9-18(14-20(16)32(29,30)27-12-4-3-5-13-27)21(28)26(2)15-17-7-10-19(11-8-17)31-22(23,24)25/h6-11,14H,3-5,12-13,15H2,1-2H3. The Hall–Kier alpha value is -2.59. The molecule has 6 nitrogen and oxygen atoms in total. The fourth-order valence-electron chi connectivity index (χ4n) is 3.62. The molecule has 0 bridgehead atoms. The zero-order valence-electron chi connectivity index (χ0n) is 17.9. The van der Waals surface area contributed by atoms with E-state index in [9.17, 15) is 26.4 Å². The molecule has 0 saturated carbocycles. The fraction of sp³-hybridized carbons (Fsp3) is 0.409. The van der Waals surface area contributed by atoms with Crippen molar-refractivity contribution < 1.29 is 31.1 Å². The average Bonchev–Trinajstić information content (AvgIpc) is 2.74. The molecule has 3 rings (SSSR count). The molecule has 174 valence electrons. The van der Waals surface area contributed by atoms with Crippen molar-refractivity contribution in [3.05, 3.63) is 59.2 Å². The lowest BCUT2D eigenvalue weighted by Crippen LogP contribution is -2.36. The molecule has 0 aromatic heterocycles. The third-order valence-corrected chi connectivity index (χ3v) is 7.33. The maximum Gasteiger partial charge on any atom is 0.573 e. The van der Waals surface area contributed by atoms with Gasteiger partial charge in [-0.05, 0) is 55.2 Å². The van der Waals surface area contributed by atoms with Crippen LogP contribution in [0.2, 0.25) is 0 Å². The molecule has 1 saturated heterocycles.